The zero-order chi connectivity index (χ0) is 15.9. The third kappa shape index (κ3) is 4.10. The van der Waals surface area contributed by atoms with E-state index < -0.39 is 0 Å². The van der Waals surface area contributed by atoms with Crippen molar-refractivity contribution >= 4 is 5.78 Å². The van der Waals surface area contributed by atoms with Crippen molar-refractivity contribution in [3.05, 3.63) is 35.4 Å². The number of nitrogens with zero attached hydrogens (tertiary/aromatic N) is 1. The van der Waals surface area contributed by atoms with Gasteiger partial charge in [-0.15, -0.1) is 0 Å². The molecule has 0 atom stereocenters. The Labute approximate surface area is 132 Å². The molecule has 0 saturated heterocycles. The van der Waals surface area contributed by atoms with Crippen LogP contribution >= 0.6 is 0 Å². The molecule has 4 heteroatoms. The number of hydrogen-bond acceptors (Lipinski definition) is 4. The second-order valence-electron chi connectivity index (χ2n) is 5.56. The number of methoxy groups -OCH3 is 2. The molecule has 1 heterocycles. The van der Waals surface area contributed by atoms with Crippen molar-refractivity contribution in [3.8, 4) is 11.5 Å². The molecule has 120 valence electrons. The first-order valence-electron chi connectivity index (χ1n) is 7.77. The van der Waals surface area contributed by atoms with Crippen molar-refractivity contribution in [2.75, 3.05) is 27.3 Å². The molecule has 0 unspecified atom stereocenters. The summed E-state index contributed by atoms with van der Waals surface area (Å²) in [6.45, 7) is 4.62. The van der Waals surface area contributed by atoms with Gasteiger partial charge in [0.15, 0.2) is 11.5 Å². The SMILES string of the molecule is C/C=C\CC(=O)CCN1CCc2cc(OC)c(OC)cc2C1. The second-order valence-corrected chi connectivity index (χ2v) is 5.56. The van der Waals surface area contributed by atoms with E-state index in [1.807, 2.05) is 19.1 Å². The second kappa shape index (κ2) is 7.99. The predicted octanol–water partition coefficient (Wildman–Crippen LogP) is 2.99. The van der Waals surface area contributed by atoms with Crippen LogP contribution in [-0.4, -0.2) is 38.0 Å². The fourth-order valence-electron chi connectivity index (χ4n) is 2.77. The lowest BCUT2D eigenvalue weighted by Crippen LogP contribution is -2.32. The van der Waals surface area contributed by atoms with Gasteiger partial charge in [0.2, 0.25) is 0 Å². The first-order valence-corrected chi connectivity index (χ1v) is 7.77. The van der Waals surface area contributed by atoms with E-state index in [-0.39, 0.29) is 0 Å². The zero-order valence-corrected chi connectivity index (χ0v) is 13.7. The minimum absolute atomic E-state index is 0.302. The largest absolute Gasteiger partial charge is 0.493 e. The topological polar surface area (TPSA) is 38.8 Å². The Balaban J connectivity index is 1.97. The minimum Gasteiger partial charge on any atom is -0.493 e. The zero-order valence-electron chi connectivity index (χ0n) is 13.7. The van der Waals surface area contributed by atoms with E-state index >= 15 is 0 Å². The van der Waals surface area contributed by atoms with Gasteiger partial charge in [-0.05, 0) is 36.6 Å². The van der Waals surface area contributed by atoms with Crippen LogP contribution in [0.4, 0.5) is 0 Å². The van der Waals surface area contributed by atoms with Crippen molar-refractivity contribution in [2.45, 2.75) is 32.7 Å². The molecule has 22 heavy (non-hydrogen) atoms. The maximum absolute atomic E-state index is 11.8. The van der Waals surface area contributed by atoms with Gasteiger partial charge in [-0.25, -0.2) is 0 Å². The van der Waals surface area contributed by atoms with Crippen LogP contribution in [0.5, 0.6) is 11.5 Å². The molecule has 0 fully saturated rings. The third-order valence-electron chi connectivity index (χ3n) is 4.09. The molecule has 0 N–H and O–H groups in total. The number of ketones is 1. The van der Waals surface area contributed by atoms with Gasteiger partial charge in [-0.3, -0.25) is 9.69 Å². The van der Waals surface area contributed by atoms with Crippen LogP contribution < -0.4 is 9.47 Å². The maximum atomic E-state index is 11.8. The molecule has 1 aromatic rings. The van der Waals surface area contributed by atoms with Crippen molar-refractivity contribution in [1.29, 1.82) is 0 Å². The Bertz CT molecular complexity index is 552. The van der Waals surface area contributed by atoms with Crippen molar-refractivity contribution in [2.24, 2.45) is 0 Å². The number of hydrogen-bond donors (Lipinski definition) is 0. The standard InChI is InChI=1S/C18H25NO3/c1-4-5-6-16(20)8-10-19-9-7-14-11-17(21-2)18(22-3)12-15(14)13-19/h4-5,11-12H,6-10,13H2,1-3H3/b5-4-. The van der Waals surface area contributed by atoms with Crippen LogP contribution in [0.25, 0.3) is 0 Å². The lowest BCUT2D eigenvalue weighted by Gasteiger charge is -2.29. The molecule has 1 aliphatic rings. The molecule has 2 rings (SSSR count). The quantitative estimate of drug-likeness (QED) is 0.726. The minimum atomic E-state index is 0.302. The number of carbonyl (C=O) groups excluding carboxylic acids is 1. The van der Waals surface area contributed by atoms with E-state index in [2.05, 4.69) is 17.0 Å². The smallest absolute Gasteiger partial charge is 0.161 e. The van der Waals surface area contributed by atoms with E-state index in [9.17, 15) is 4.79 Å². The molecule has 0 radical (unpaired) electrons. The number of Topliss-reactive ketones (excluding diaryl/α,β-unsaturated/α-hetero) is 1. The van der Waals surface area contributed by atoms with Crippen molar-refractivity contribution in [3.63, 3.8) is 0 Å². The van der Waals surface area contributed by atoms with Crippen LogP contribution in [-0.2, 0) is 17.8 Å². The fraction of sp³-hybridized carbons (Fsp3) is 0.500. The molecule has 0 spiro atoms. The highest BCUT2D eigenvalue weighted by Crippen LogP contribution is 2.33. The number of carbonyl (C=O) groups is 1. The summed E-state index contributed by atoms with van der Waals surface area (Å²) in [5.41, 5.74) is 2.58. The van der Waals surface area contributed by atoms with Gasteiger partial charge in [-0.1, -0.05) is 12.2 Å². The first-order chi connectivity index (χ1) is 10.7. The Morgan fingerprint density at radius 1 is 1.23 bits per heavy atom. The maximum Gasteiger partial charge on any atom is 0.161 e. The summed E-state index contributed by atoms with van der Waals surface area (Å²) in [5, 5.41) is 0. The Morgan fingerprint density at radius 3 is 2.55 bits per heavy atom. The number of benzene rings is 1. The molecule has 4 nitrogen and oxygen atoms in total. The van der Waals surface area contributed by atoms with Gasteiger partial charge < -0.3 is 9.47 Å². The van der Waals surface area contributed by atoms with E-state index in [0.29, 0.717) is 18.6 Å². The van der Waals surface area contributed by atoms with Gasteiger partial charge in [0.1, 0.15) is 5.78 Å². The number of rotatable bonds is 7. The third-order valence-corrected chi connectivity index (χ3v) is 4.09. The molecule has 0 aromatic heterocycles. The average molecular weight is 303 g/mol. The van der Waals surface area contributed by atoms with Gasteiger partial charge >= 0.3 is 0 Å². The predicted molar refractivity (Wildman–Crippen MR) is 87.6 cm³/mol. The normalized spacial score (nSPS) is 14.9. The number of fused-ring (bicyclic) bond motifs is 1. The monoisotopic (exact) mass is 303 g/mol. The highest BCUT2D eigenvalue weighted by Gasteiger charge is 2.19. The van der Waals surface area contributed by atoms with Gasteiger partial charge in [-0.2, -0.15) is 0 Å². The highest BCUT2D eigenvalue weighted by atomic mass is 16.5. The van der Waals surface area contributed by atoms with Crippen LogP contribution in [0.1, 0.15) is 30.9 Å². The highest BCUT2D eigenvalue weighted by molar-refractivity contribution is 5.79. The van der Waals surface area contributed by atoms with Crippen molar-refractivity contribution < 1.29 is 14.3 Å². The average Bonchev–Trinajstić information content (AvgIpc) is 2.56. The van der Waals surface area contributed by atoms with Gasteiger partial charge in [0.25, 0.3) is 0 Å². The van der Waals surface area contributed by atoms with Crippen LogP contribution in [0.2, 0.25) is 0 Å². The molecule has 1 aromatic carbocycles. The first kappa shape index (κ1) is 16.6. The van der Waals surface area contributed by atoms with Crippen LogP contribution in [0.3, 0.4) is 0 Å². The molecule has 0 saturated carbocycles. The Kier molecular flexibility index (Phi) is 6.01. The summed E-state index contributed by atoms with van der Waals surface area (Å²) in [7, 11) is 3.32. The van der Waals surface area contributed by atoms with Crippen molar-refractivity contribution in [1.82, 2.24) is 4.90 Å². The molecule has 0 amide bonds. The molecular formula is C18H25NO3. The van der Waals surface area contributed by atoms with E-state index in [1.54, 1.807) is 14.2 Å². The summed E-state index contributed by atoms with van der Waals surface area (Å²) >= 11 is 0. The molecule has 0 aliphatic carbocycles. The Hall–Kier alpha value is -1.81. The van der Waals surface area contributed by atoms with E-state index in [1.165, 1.54) is 11.1 Å². The van der Waals surface area contributed by atoms with Gasteiger partial charge in [0, 0.05) is 32.5 Å². The summed E-state index contributed by atoms with van der Waals surface area (Å²) in [4.78, 5) is 14.1. The Morgan fingerprint density at radius 2 is 1.91 bits per heavy atom. The van der Waals surface area contributed by atoms with Crippen LogP contribution in [0.15, 0.2) is 24.3 Å². The molecule has 1 aliphatic heterocycles. The fourth-order valence-corrected chi connectivity index (χ4v) is 2.77. The molecule has 0 bridgehead atoms. The lowest BCUT2D eigenvalue weighted by molar-refractivity contribution is -0.118. The van der Waals surface area contributed by atoms with E-state index in [0.717, 1.165) is 37.6 Å². The van der Waals surface area contributed by atoms with E-state index in [4.69, 9.17) is 9.47 Å². The van der Waals surface area contributed by atoms with Gasteiger partial charge in [0.05, 0.1) is 14.2 Å². The molecular weight excluding hydrogens is 278 g/mol. The summed E-state index contributed by atoms with van der Waals surface area (Å²) in [6.07, 6.45) is 6.00. The number of ether oxygens (including phenoxy) is 2. The number of allylic oxidation sites excluding steroid dienone is 2. The summed E-state index contributed by atoms with van der Waals surface area (Å²) in [6, 6.07) is 4.13. The summed E-state index contributed by atoms with van der Waals surface area (Å²) < 4.78 is 10.7. The lowest BCUT2D eigenvalue weighted by atomic mass is 9.98. The summed E-state index contributed by atoms with van der Waals surface area (Å²) in [5.74, 6) is 1.86. The van der Waals surface area contributed by atoms with Crippen LogP contribution in [0, 0.1) is 0 Å².